The van der Waals surface area contributed by atoms with Crippen LogP contribution in [0.25, 0.3) is 0 Å². The van der Waals surface area contributed by atoms with Crippen molar-refractivity contribution < 1.29 is 0 Å². The lowest BCUT2D eigenvalue weighted by Gasteiger charge is -2.38. The second-order valence-electron chi connectivity index (χ2n) is 4.27. The van der Waals surface area contributed by atoms with Crippen LogP contribution in [0.2, 0.25) is 0 Å². The van der Waals surface area contributed by atoms with Crippen LogP contribution in [0.3, 0.4) is 0 Å². The molecule has 1 heterocycles. The van der Waals surface area contributed by atoms with Gasteiger partial charge < -0.3 is 5.32 Å². The fraction of sp³-hybridized carbons (Fsp3) is 1.00. The first-order valence-corrected chi connectivity index (χ1v) is 4.68. The summed E-state index contributed by atoms with van der Waals surface area (Å²) in [4.78, 5) is 0. The van der Waals surface area contributed by atoms with E-state index in [2.05, 4.69) is 5.32 Å². The molecule has 0 aromatic carbocycles. The van der Waals surface area contributed by atoms with E-state index in [-0.39, 0.29) is 0 Å². The maximum absolute atomic E-state index is 3.58. The minimum atomic E-state index is 0.965. The van der Waals surface area contributed by atoms with Crippen LogP contribution < -0.4 is 5.32 Å². The van der Waals surface area contributed by atoms with Crippen LogP contribution in [-0.4, -0.2) is 12.6 Å². The summed E-state index contributed by atoms with van der Waals surface area (Å²) >= 11 is 0. The Labute approximate surface area is 62.2 Å². The number of nitrogens with one attached hydrogen (secondary N) is 1. The molecule has 1 aliphatic heterocycles. The molecule has 10 heavy (non-hydrogen) atoms. The van der Waals surface area contributed by atoms with Gasteiger partial charge in [0, 0.05) is 6.04 Å². The first-order chi connectivity index (χ1) is 4.95. The summed E-state index contributed by atoms with van der Waals surface area (Å²) in [5.41, 5.74) is 0. The molecular formula is C9H15N. The topological polar surface area (TPSA) is 12.0 Å². The molecule has 2 atom stereocenters. The molecule has 3 aliphatic rings. The largest absolute Gasteiger partial charge is 0.313 e. The molecule has 0 bridgehead atoms. The van der Waals surface area contributed by atoms with Crippen molar-refractivity contribution in [2.75, 3.05) is 6.54 Å². The summed E-state index contributed by atoms with van der Waals surface area (Å²) in [6.45, 7) is 1.34. The second kappa shape index (κ2) is 1.76. The van der Waals surface area contributed by atoms with Crippen LogP contribution >= 0.6 is 0 Å². The summed E-state index contributed by atoms with van der Waals surface area (Å²) < 4.78 is 0. The van der Waals surface area contributed by atoms with Crippen molar-refractivity contribution in [2.24, 2.45) is 17.8 Å². The molecule has 1 saturated heterocycles. The van der Waals surface area contributed by atoms with Crippen LogP contribution in [0, 0.1) is 17.8 Å². The highest BCUT2D eigenvalue weighted by Crippen LogP contribution is 2.48. The zero-order valence-electron chi connectivity index (χ0n) is 6.34. The molecule has 56 valence electrons. The average molecular weight is 137 g/mol. The monoisotopic (exact) mass is 137 g/mol. The van der Waals surface area contributed by atoms with Crippen molar-refractivity contribution in [3.63, 3.8) is 0 Å². The van der Waals surface area contributed by atoms with Crippen LogP contribution in [0.5, 0.6) is 0 Å². The van der Waals surface area contributed by atoms with E-state index in [0.29, 0.717) is 0 Å². The van der Waals surface area contributed by atoms with Gasteiger partial charge in [0.2, 0.25) is 0 Å². The van der Waals surface area contributed by atoms with E-state index in [1.165, 1.54) is 32.2 Å². The average Bonchev–Trinajstić information content (AvgIpc) is 2.50. The maximum atomic E-state index is 3.58. The molecule has 1 nitrogen and oxygen atoms in total. The Balaban J connectivity index is 1.64. The Kier molecular flexibility index (Phi) is 0.984. The highest BCUT2D eigenvalue weighted by molar-refractivity contribution is 5.03. The van der Waals surface area contributed by atoms with Gasteiger partial charge in [-0.1, -0.05) is 0 Å². The molecule has 0 aromatic rings. The van der Waals surface area contributed by atoms with Crippen molar-refractivity contribution in [1.82, 2.24) is 5.32 Å². The van der Waals surface area contributed by atoms with E-state index in [9.17, 15) is 0 Å². The summed E-state index contributed by atoms with van der Waals surface area (Å²) in [5.74, 6) is 3.35. The van der Waals surface area contributed by atoms with Crippen molar-refractivity contribution in [1.29, 1.82) is 0 Å². The Morgan fingerprint density at radius 2 is 1.60 bits per heavy atom. The predicted octanol–water partition coefficient (Wildman–Crippen LogP) is 1.39. The van der Waals surface area contributed by atoms with Gasteiger partial charge in [-0.3, -0.25) is 0 Å². The highest BCUT2D eigenvalue weighted by Gasteiger charge is 2.47. The third-order valence-corrected chi connectivity index (χ3v) is 3.41. The standard InChI is InChI=1S/C9H15N/c1-2-6(1)8-5-10-9(8)7-3-4-7/h6-10H,1-5H2/t8-,9-/m0/s1. The van der Waals surface area contributed by atoms with Gasteiger partial charge in [-0.15, -0.1) is 0 Å². The molecular weight excluding hydrogens is 122 g/mol. The molecule has 0 spiro atoms. The molecule has 1 heteroatoms. The van der Waals surface area contributed by atoms with Crippen molar-refractivity contribution >= 4 is 0 Å². The first-order valence-electron chi connectivity index (χ1n) is 4.68. The third kappa shape index (κ3) is 0.731. The van der Waals surface area contributed by atoms with Gasteiger partial charge in [-0.25, -0.2) is 0 Å². The highest BCUT2D eigenvalue weighted by atomic mass is 15.0. The van der Waals surface area contributed by atoms with Gasteiger partial charge >= 0.3 is 0 Å². The summed E-state index contributed by atoms with van der Waals surface area (Å²) in [5, 5.41) is 3.58. The smallest absolute Gasteiger partial charge is 0.0138 e. The number of hydrogen-bond donors (Lipinski definition) is 1. The van der Waals surface area contributed by atoms with Gasteiger partial charge in [0.25, 0.3) is 0 Å². The molecule has 0 unspecified atom stereocenters. The second-order valence-corrected chi connectivity index (χ2v) is 4.27. The molecule has 1 N–H and O–H groups in total. The van der Waals surface area contributed by atoms with Crippen LogP contribution in [-0.2, 0) is 0 Å². The molecule has 3 rings (SSSR count). The van der Waals surface area contributed by atoms with E-state index in [1.807, 2.05) is 0 Å². The van der Waals surface area contributed by atoms with Crippen LogP contribution in [0.1, 0.15) is 25.7 Å². The third-order valence-electron chi connectivity index (χ3n) is 3.41. The van der Waals surface area contributed by atoms with E-state index in [1.54, 1.807) is 0 Å². The number of hydrogen-bond acceptors (Lipinski definition) is 1. The molecule has 0 amide bonds. The fourth-order valence-electron chi connectivity index (χ4n) is 2.35. The minimum absolute atomic E-state index is 0.965. The summed E-state index contributed by atoms with van der Waals surface area (Å²) in [6, 6.07) is 0.965. The van der Waals surface area contributed by atoms with Gasteiger partial charge in [0.05, 0.1) is 0 Å². The lowest BCUT2D eigenvalue weighted by molar-refractivity contribution is 0.181. The Bertz CT molecular complexity index is 129. The van der Waals surface area contributed by atoms with Gasteiger partial charge in [-0.2, -0.15) is 0 Å². The SMILES string of the molecule is C1CC1[C@@H]1CN[C@H]1C1CC1. The van der Waals surface area contributed by atoms with Crippen molar-refractivity contribution in [2.45, 2.75) is 31.7 Å². The molecule has 0 radical (unpaired) electrons. The van der Waals surface area contributed by atoms with Crippen LogP contribution in [0.15, 0.2) is 0 Å². The summed E-state index contributed by atoms with van der Waals surface area (Å²) in [7, 11) is 0. The zero-order chi connectivity index (χ0) is 6.55. The molecule has 0 aromatic heterocycles. The summed E-state index contributed by atoms with van der Waals surface area (Å²) in [6.07, 6.45) is 6.10. The van der Waals surface area contributed by atoms with E-state index < -0.39 is 0 Å². The normalized spacial score (nSPS) is 46.8. The number of rotatable bonds is 2. The maximum Gasteiger partial charge on any atom is 0.0138 e. The Morgan fingerprint density at radius 3 is 2.00 bits per heavy atom. The van der Waals surface area contributed by atoms with E-state index in [4.69, 9.17) is 0 Å². The van der Waals surface area contributed by atoms with Gasteiger partial charge in [0.15, 0.2) is 0 Å². The lowest BCUT2D eigenvalue weighted by Crippen LogP contribution is -2.55. The molecule has 2 aliphatic carbocycles. The predicted molar refractivity (Wildman–Crippen MR) is 40.7 cm³/mol. The molecule has 2 saturated carbocycles. The van der Waals surface area contributed by atoms with Gasteiger partial charge in [-0.05, 0) is 50.0 Å². The van der Waals surface area contributed by atoms with E-state index >= 15 is 0 Å². The van der Waals surface area contributed by atoms with Crippen molar-refractivity contribution in [3.8, 4) is 0 Å². The fourth-order valence-corrected chi connectivity index (χ4v) is 2.35. The minimum Gasteiger partial charge on any atom is -0.313 e. The quantitative estimate of drug-likeness (QED) is 0.606. The van der Waals surface area contributed by atoms with Crippen molar-refractivity contribution in [3.05, 3.63) is 0 Å². The first kappa shape index (κ1) is 5.59. The Morgan fingerprint density at radius 1 is 0.900 bits per heavy atom. The van der Waals surface area contributed by atoms with Crippen LogP contribution in [0.4, 0.5) is 0 Å². The van der Waals surface area contributed by atoms with E-state index in [0.717, 1.165) is 23.8 Å². The van der Waals surface area contributed by atoms with Gasteiger partial charge in [0.1, 0.15) is 0 Å². The zero-order valence-corrected chi connectivity index (χ0v) is 6.34. The molecule has 3 fully saturated rings. The Hall–Kier alpha value is -0.0400. The lowest BCUT2D eigenvalue weighted by atomic mass is 9.84.